The molecule has 0 saturated carbocycles. The SMILES string of the molecule is CC(C)c1ccccc1NC(=O)Cn1cc(-c2nc(-c3ccc(Br)cc3)no2)ccc1=O. The minimum absolute atomic E-state index is 0.132. The minimum atomic E-state index is -0.298. The van der Waals surface area contributed by atoms with Gasteiger partial charge in [-0.05, 0) is 47.9 Å². The van der Waals surface area contributed by atoms with E-state index in [0.717, 1.165) is 21.3 Å². The molecule has 0 aliphatic carbocycles. The Morgan fingerprint density at radius 2 is 1.78 bits per heavy atom. The number of aromatic nitrogens is 3. The highest BCUT2D eigenvalue weighted by atomic mass is 79.9. The number of halogens is 1. The summed E-state index contributed by atoms with van der Waals surface area (Å²) in [5.74, 6) is 0.670. The topological polar surface area (TPSA) is 90.0 Å². The molecule has 8 heteroatoms. The minimum Gasteiger partial charge on any atom is -0.334 e. The van der Waals surface area contributed by atoms with Gasteiger partial charge in [-0.15, -0.1) is 0 Å². The summed E-state index contributed by atoms with van der Waals surface area (Å²) in [6.45, 7) is 3.99. The van der Waals surface area contributed by atoms with Crippen LogP contribution in [0.2, 0.25) is 0 Å². The zero-order valence-corrected chi connectivity index (χ0v) is 19.2. The van der Waals surface area contributed by atoms with Crippen LogP contribution in [0.4, 0.5) is 5.69 Å². The van der Waals surface area contributed by atoms with Crippen LogP contribution in [-0.4, -0.2) is 20.6 Å². The quantitative estimate of drug-likeness (QED) is 0.404. The van der Waals surface area contributed by atoms with Crippen molar-refractivity contribution in [3.63, 3.8) is 0 Å². The molecule has 0 spiro atoms. The molecular formula is C24H21BrN4O3. The summed E-state index contributed by atoms with van der Waals surface area (Å²) < 4.78 is 7.66. The van der Waals surface area contributed by atoms with Crippen LogP contribution in [0.3, 0.4) is 0 Å². The van der Waals surface area contributed by atoms with Gasteiger partial charge in [0, 0.05) is 28.0 Å². The number of rotatable bonds is 6. The number of carbonyl (C=O) groups is 1. The Balaban J connectivity index is 1.54. The highest BCUT2D eigenvalue weighted by molar-refractivity contribution is 9.10. The van der Waals surface area contributed by atoms with Gasteiger partial charge in [0.05, 0.1) is 5.56 Å². The van der Waals surface area contributed by atoms with Crippen LogP contribution in [-0.2, 0) is 11.3 Å². The molecule has 0 fully saturated rings. The number of nitrogens with zero attached hydrogens (tertiary/aromatic N) is 3. The maximum Gasteiger partial charge on any atom is 0.259 e. The second-order valence-electron chi connectivity index (χ2n) is 7.60. The number of pyridine rings is 1. The molecule has 7 nitrogen and oxygen atoms in total. The third kappa shape index (κ3) is 4.86. The molecule has 0 aliphatic rings. The maximum atomic E-state index is 12.6. The molecule has 0 unspecified atom stereocenters. The van der Waals surface area contributed by atoms with Crippen LogP contribution < -0.4 is 10.9 Å². The monoisotopic (exact) mass is 492 g/mol. The Bertz CT molecular complexity index is 1310. The van der Waals surface area contributed by atoms with Crippen molar-refractivity contribution in [2.24, 2.45) is 0 Å². The summed E-state index contributed by atoms with van der Waals surface area (Å²) in [7, 11) is 0. The van der Waals surface area contributed by atoms with Crippen LogP contribution in [0, 0.1) is 0 Å². The van der Waals surface area contributed by atoms with E-state index in [1.54, 1.807) is 12.3 Å². The lowest BCUT2D eigenvalue weighted by Crippen LogP contribution is -2.27. The van der Waals surface area contributed by atoms with E-state index in [0.29, 0.717) is 11.4 Å². The first kappa shape index (κ1) is 21.7. The maximum absolute atomic E-state index is 12.6. The van der Waals surface area contributed by atoms with E-state index in [1.165, 1.54) is 10.6 Å². The Morgan fingerprint density at radius 1 is 1.06 bits per heavy atom. The number of anilines is 1. The van der Waals surface area contributed by atoms with Crippen LogP contribution in [0.1, 0.15) is 25.3 Å². The largest absolute Gasteiger partial charge is 0.334 e. The van der Waals surface area contributed by atoms with E-state index in [2.05, 4.69) is 45.2 Å². The summed E-state index contributed by atoms with van der Waals surface area (Å²) >= 11 is 3.40. The number of nitrogens with one attached hydrogen (secondary N) is 1. The first-order valence-corrected chi connectivity index (χ1v) is 10.9. The van der Waals surface area contributed by atoms with Gasteiger partial charge in [0.15, 0.2) is 0 Å². The van der Waals surface area contributed by atoms with Gasteiger partial charge in [0.25, 0.3) is 11.4 Å². The highest BCUT2D eigenvalue weighted by Gasteiger charge is 2.14. The standard InChI is InChI=1S/C24H21BrN4O3/c1-15(2)19-5-3-4-6-20(19)26-21(30)14-29-13-17(9-12-22(29)31)24-27-23(28-32-24)16-7-10-18(25)11-8-16/h3-13,15H,14H2,1-2H3,(H,26,30). The van der Waals surface area contributed by atoms with Crippen LogP contribution in [0.5, 0.6) is 0 Å². The molecule has 0 atom stereocenters. The average Bonchev–Trinajstić information content (AvgIpc) is 3.26. The second-order valence-corrected chi connectivity index (χ2v) is 8.52. The molecular weight excluding hydrogens is 472 g/mol. The molecule has 0 aliphatic heterocycles. The van der Waals surface area contributed by atoms with E-state index >= 15 is 0 Å². The van der Waals surface area contributed by atoms with Gasteiger partial charge >= 0.3 is 0 Å². The fourth-order valence-electron chi connectivity index (χ4n) is 3.30. The molecule has 2 aromatic heterocycles. The molecule has 2 heterocycles. The van der Waals surface area contributed by atoms with Gasteiger partial charge in [-0.3, -0.25) is 9.59 Å². The normalized spacial score (nSPS) is 11.0. The summed E-state index contributed by atoms with van der Waals surface area (Å²) in [6, 6.07) is 18.2. The first-order valence-electron chi connectivity index (χ1n) is 10.1. The fourth-order valence-corrected chi connectivity index (χ4v) is 3.56. The lowest BCUT2D eigenvalue weighted by molar-refractivity contribution is -0.116. The van der Waals surface area contributed by atoms with Crippen molar-refractivity contribution < 1.29 is 9.32 Å². The molecule has 0 bridgehead atoms. The number of hydrogen-bond donors (Lipinski definition) is 1. The Kier molecular flexibility index (Phi) is 6.32. The molecule has 0 radical (unpaired) electrons. The zero-order valence-electron chi connectivity index (χ0n) is 17.6. The Morgan fingerprint density at radius 3 is 2.53 bits per heavy atom. The van der Waals surface area contributed by atoms with Gasteiger partial charge in [-0.1, -0.05) is 53.1 Å². The van der Waals surface area contributed by atoms with Crippen LogP contribution >= 0.6 is 15.9 Å². The smallest absolute Gasteiger partial charge is 0.259 e. The lowest BCUT2D eigenvalue weighted by atomic mass is 10.0. The molecule has 0 saturated heterocycles. The van der Waals surface area contributed by atoms with Crippen molar-refractivity contribution in [2.45, 2.75) is 26.3 Å². The number of carbonyl (C=O) groups excluding carboxylic acids is 1. The summed E-state index contributed by atoms with van der Waals surface area (Å²) in [4.78, 5) is 29.4. The van der Waals surface area contributed by atoms with E-state index < -0.39 is 0 Å². The highest BCUT2D eigenvalue weighted by Crippen LogP contribution is 2.24. The lowest BCUT2D eigenvalue weighted by Gasteiger charge is -2.14. The van der Waals surface area contributed by atoms with E-state index in [9.17, 15) is 9.59 Å². The molecule has 32 heavy (non-hydrogen) atoms. The second kappa shape index (κ2) is 9.32. The average molecular weight is 493 g/mol. The Labute approximate surface area is 193 Å². The number of hydrogen-bond acceptors (Lipinski definition) is 5. The Hall–Kier alpha value is -3.52. The summed E-state index contributed by atoms with van der Waals surface area (Å²) in [5, 5.41) is 6.92. The molecule has 2 aromatic carbocycles. The van der Waals surface area contributed by atoms with Gasteiger partial charge in [-0.2, -0.15) is 4.98 Å². The van der Waals surface area contributed by atoms with Crippen molar-refractivity contribution in [3.8, 4) is 22.8 Å². The van der Waals surface area contributed by atoms with Crippen molar-refractivity contribution in [1.29, 1.82) is 0 Å². The molecule has 1 amide bonds. The van der Waals surface area contributed by atoms with Crippen molar-refractivity contribution in [3.05, 3.63) is 87.3 Å². The van der Waals surface area contributed by atoms with Gasteiger partial charge in [0.2, 0.25) is 11.7 Å². The number of para-hydroxylation sites is 1. The first-order chi connectivity index (χ1) is 15.4. The molecule has 4 aromatic rings. The zero-order chi connectivity index (χ0) is 22.7. The predicted octanol–water partition coefficient (Wildman–Crippen LogP) is 5.09. The summed E-state index contributed by atoms with van der Waals surface area (Å²) in [6.07, 6.45) is 1.55. The van der Waals surface area contributed by atoms with E-state index in [-0.39, 0.29) is 29.8 Å². The fraction of sp³-hybridized carbons (Fsp3) is 0.167. The van der Waals surface area contributed by atoms with E-state index in [4.69, 9.17) is 4.52 Å². The van der Waals surface area contributed by atoms with Crippen molar-refractivity contribution in [1.82, 2.24) is 14.7 Å². The third-order valence-electron chi connectivity index (χ3n) is 4.93. The molecule has 1 N–H and O–H groups in total. The van der Waals surface area contributed by atoms with Gasteiger partial charge in [-0.25, -0.2) is 0 Å². The molecule has 162 valence electrons. The van der Waals surface area contributed by atoms with Crippen LogP contribution in [0.15, 0.2) is 80.7 Å². The molecule has 4 rings (SSSR count). The van der Waals surface area contributed by atoms with Crippen molar-refractivity contribution in [2.75, 3.05) is 5.32 Å². The predicted molar refractivity (Wildman–Crippen MR) is 126 cm³/mol. The van der Waals surface area contributed by atoms with Gasteiger partial charge < -0.3 is 14.4 Å². The summed E-state index contributed by atoms with van der Waals surface area (Å²) in [5.41, 5.74) is 2.84. The van der Waals surface area contributed by atoms with Gasteiger partial charge in [0.1, 0.15) is 6.54 Å². The number of amides is 1. The third-order valence-corrected chi connectivity index (χ3v) is 5.46. The van der Waals surface area contributed by atoms with Crippen molar-refractivity contribution >= 4 is 27.5 Å². The van der Waals surface area contributed by atoms with E-state index in [1.807, 2.05) is 48.5 Å². The number of benzene rings is 2. The van der Waals surface area contributed by atoms with Crippen LogP contribution in [0.25, 0.3) is 22.8 Å².